The van der Waals surface area contributed by atoms with Gasteiger partial charge in [0.2, 0.25) is 11.8 Å². The Morgan fingerprint density at radius 3 is 2.17 bits per heavy atom. The van der Waals surface area contributed by atoms with E-state index in [0.29, 0.717) is 12.4 Å². The molecule has 1 aliphatic rings. The van der Waals surface area contributed by atoms with Crippen LogP contribution < -0.4 is 14.4 Å². The van der Waals surface area contributed by atoms with E-state index in [1.165, 1.54) is 59.5 Å². The lowest BCUT2D eigenvalue weighted by Crippen LogP contribution is -2.54. The highest BCUT2D eigenvalue weighted by atomic mass is 32.2. The highest BCUT2D eigenvalue weighted by Gasteiger charge is 2.36. The normalized spacial score (nSPS) is 13.9. The van der Waals surface area contributed by atoms with Crippen LogP contribution >= 0.6 is 0 Å². The quantitative estimate of drug-likeness (QED) is 0.170. The molecule has 4 aromatic carbocycles. The van der Waals surface area contributed by atoms with Crippen LogP contribution in [0.3, 0.4) is 0 Å². The van der Waals surface area contributed by atoms with E-state index in [-0.39, 0.29) is 35.2 Å². The van der Waals surface area contributed by atoms with E-state index in [4.69, 9.17) is 4.74 Å². The molecule has 0 aromatic heterocycles. The molecule has 4 aromatic rings. The molecule has 252 valence electrons. The Bertz CT molecular complexity index is 1780. The van der Waals surface area contributed by atoms with Gasteiger partial charge in [0.05, 0.1) is 17.2 Å². The van der Waals surface area contributed by atoms with Gasteiger partial charge >= 0.3 is 0 Å². The molecule has 0 bridgehead atoms. The fraction of sp³-hybridized carbons (Fsp3) is 0.297. The molecule has 48 heavy (non-hydrogen) atoms. The van der Waals surface area contributed by atoms with Crippen LogP contribution in [-0.2, 0) is 32.6 Å². The minimum atomic E-state index is -4.40. The van der Waals surface area contributed by atoms with Gasteiger partial charge in [0.15, 0.2) is 0 Å². The molecule has 0 heterocycles. The lowest BCUT2D eigenvalue weighted by molar-refractivity contribution is -0.140. The summed E-state index contributed by atoms with van der Waals surface area (Å²) in [5, 5.41) is 3.09. The molecule has 8 nitrogen and oxygen atoms in total. The Balaban J connectivity index is 1.56. The molecular formula is C37H39F2N3O5S. The molecule has 1 N–H and O–H groups in total. The summed E-state index contributed by atoms with van der Waals surface area (Å²) in [5.41, 5.74) is 0.979. The molecule has 1 atom stereocenters. The maximum atomic E-state index is 15.1. The van der Waals surface area contributed by atoms with Gasteiger partial charge in [-0.3, -0.25) is 13.9 Å². The summed E-state index contributed by atoms with van der Waals surface area (Å²) in [4.78, 5) is 29.7. The van der Waals surface area contributed by atoms with Gasteiger partial charge in [0, 0.05) is 24.6 Å². The van der Waals surface area contributed by atoms with Crippen molar-refractivity contribution in [3.63, 3.8) is 0 Å². The van der Waals surface area contributed by atoms with E-state index in [2.05, 4.69) is 5.32 Å². The lowest BCUT2D eigenvalue weighted by atomic mass is 10.0. The Hall–Kier alpha value is -4.77. The number of anilines is 1. The Morgan fingerprint density at radius 1 is 0.875 bits per heavy atom. The fourth-order valence-corrected chi connectivity index (χ4v) is 7.28. The van der Waals surface area contributed by atoms with Crippen molar-refractivity contribution in [3.8, 4) is 5.75 Å². The van der Waals surface area contributed by atoms with E-state index in [1.54, 1.807) is 13.0 Å². The van der Waals surface area contributed by atoms with Gasteiger partial charge in [-0.25, -0.2) is 17.2 Å². The third-order valence-electron chi connectivity index (χ3n) is 8.39. The van der Waals surface area contributed by atoms with Crippen LogP contribution in [0.2, 0.25) is 0 Å². The minimum Gasteiger partial charge on any atom is -0.494 e. The summed E-state index contributed by atoms with van der Waals surface area (Å²) in [6.45, 7) is 1.16. The summed E-state index contributed by atoms with van der Waals surface area (Å²) in [5.74, 6) is -1.83. The zero-order valence-electron chi connectivity index (χ0n) is 26.7. The Morgan fingerprint density at radius 2 is 1.52 bits per heavy atom. The maximum Gasteiger partial charge on any atom is 0.264 e. The molecule has 1 saturated carbocycles. The number of nitrogens with one attached hydrogen (secondary N) is 1. The van der Waals surface area contributed by atoms with Crippen molar-refractivity contribution in [3.05, 3.63) is 126 Å². The maximum absolute atomic E-state index is 15.1. The number of amides is 2. The number of hydrogen-bond donors (Lipinski definition) is 1. The van der Waals surface area contributed by atoms with Gasteiger partial charge in [-0.05, 0) is 79.9 Å². The van der Waals surface area contributed by atoms with E-state index < -0.39 is 46.1 Å². The molecule has 2 amide bonds. The first-order chi connectivity index (χ1) is 23.2. The predicted octanol–water partition coefficient (Wildman–Crippen LogP) is 6.26. The average Bonchev–Trinajstić information content (AvgIpc) is 3.60. The summed E-state index contributed by atoms with van der Waals surface area (Å²) in [6, 6.07) is 24.4. The van der Waals surface area contributed by atoms with E-state index in [0.717, 1.165) is 47.7 Å². The van der Waals surface area contributed by atoms with Gasteiger partial charge in [0.1, 0.15) is 30.0 Å². The van der Waals surface area contributed by atoms with Crippen LogP contribution in [0.4, 0.5) is 14.5 Å². The third-order valence-corrected chi connectivity index (χ3v) is 10.2. The van der Waals surface area contributed by atoms with Crippen molar-refractivity contribution in [2.45, 2.75) is 62.6 Å². The highest BCUT2D eigenvalue weighted by molar-refractivity contribution is 7.92. The van der Waals surface area contributed by atoms with Crippen molar-refractivity contribution < 1.29 is 31.5 Å². The largest absolute Gasteiger partial charge is 0.494 e. The third kappa shape index (κ3) is 8.57. The first kappa shape index (κ1) is 34.6. The first-order valence-electron chi connectivity index (χ1n) is 16.0. The van der Waals surface area contributed by atoms with Crippen molar-refractivity contribution in [1.82, 2.24) is 10.2 Å². The van der Waals surface area contributed by atoms with Crippen molar-refractivity contribution in [2.75, 3.05) is 17.5 Å². The second-order valence-electron chi connectivity index (χ2n) is 11.7. The van der Waals surface area contributed by atoms with Crippen molar-refractivity contribution in [1.29, 1.82) is 0 Å². The molecule has 0 spiro atoms. The van der Waals surface area contributed by atoms with Crippen LogP contribution in [0, 0.1) is 11.6 Å². The number of halogens is 2. The Kier molecular flexibility index (Phi) is 11.4. The van der Waals surface area contributed by atoms with E-state index in [1.807, 2.05) is 30.3 Å². The number of carbonyl (C=O) groups is 2. The Labute approximate surface area is 280 Å². The smallest absolute Gasteiger partial charge is 0.264 e. The van der Waals surface area contributed by atoms with E-state index in [9.17, 15) is 22.4 Å². The predicted molar refractivity (Wildman–Crippen MR) is 180 cm³/mol. The average molecular weight is 676 g/mol. The lowest BCUT2D eigenvalue weighted by Gasteiger charge is -2.34. The van der Waals surface area contributed by atoms with Gasteiger partial charge in [-0.2, -0.15) is 0 Å². The van der Waals surface area contributed by atoms with Gasteiger partial charge in [-0.15, -0.1) is 0 Å². The number of sulfonamides is 1. The molecule has 0 radical (unpaired) electrons. The number of ether oxygens (including phenoxy) is 1. The fourth-order valence-electron chi connectivity index (χ4n) is 5.87. The SMILES string of the molecule is CCOc1ccc(S(=O)(=O)N(CC(=O)N(Cc2ccccc2F)[C@H](Cc2ccccc2)C(=O)NC2CCCC2)c2ccc(F)cc2)cc1. The zero-order valence-corrected chi connectivity index (χ0v) is 27.5. The molecular weight excluding hydrogens is 636 g/mol. The summed E-state index contributed by atoms with van der Waals surface area (Å²) in [6.07, 6.45) is 3.68. The van der Waals surface area contributed by atoms with Crippen molar-refractivity contribution >= 4 is 27.5 Å². The number of hydrogen-bond acceptors (Lipinski definition) is 5. The van der Waals surface area contributed by atoms with Crippen molar-refractivity contribution in [2.24, 2.45) is 0 Å². The second-order valence-corrected chi connectivity index (χ2v) is 13.6. The zero-order chi connectivity index (χ0) is 34.1. The minimum absolute atomic E-state index is 0.0412. The molecule has 0 saturated heterocycles. The molecule has 11 heteroatoms. The monoisotopic (exact) mass is 675 g/mol. The van der Waals surface area contributed by atoms with Crippen LogP contribution in [0.15, 0.2) is 108 Å². The highest BCUT2D eigenvalue weighted by Crippen LogP contribution is 2.27. The number of benzene rings is 4. The molecule has 0 unspecified atom stereocenters. The van der Waals surface area contributed by atoms with Crippen LogP contribution in [0.5, 0.6) is 5.75 Å². The summed E-state index contributed by atoms with van der Waals surface area (Å²) in [7, 11) is -4.40. The molecule has 5 rings (SSSR count). The van der Waals surface area contributed by atoms with Crippen LogP contribution in [-0.4, -0.2) is 50.4 Å². The van der Waals surface area contributed by atoms with Crippen LogP contribution in [0.1, 0.15) is 43.7 Å². The van der Waals surface area contributed by atoms with Gasteiger partial charge in [0.25, 0.3) is 10.0 Å². The standard InChI is InChI=1S/C37H39F2N3O5S/c1-2-47-32-20-22-33(23-21-32)48(45,46)42(31-18-16-29(38)17-19-31)26-36(43)41(25-28-12-6-9-15-34(28)39)35(24-27-10-4-3-5-11-27)37(44)40-30-13-7-8-14-30/h3-6,9-12,15-23,30,35H,2,7-8,13-14,24-26H2,1H3,(H,40,44)/t35-/m1/s1. The molecule has 1 aliphatic carbocycles. The number of rotatable bonds is 14. The number of carbonyl (C=O) groups excluding carboxylic acids is 2. The van der Waals surface area contributed by atoms with Gasteiger partial charge in [-0.1, -0.05) is 61.4 Å². The van der Waals surface area contributed by atoms with E-state index >= 15 is 4.39 Å². The molecule has 0 aliphatic heterocycles. The second kappa shape index (κ2) is 15.9. The molecule has 1 fully saturated rings. The number of nitrogens with zero attached hydrogens (tertiary/aromatic N) is 2. The summed E-state index contributed by atoms with van der Waals surface area (Å²) >= 11 is 0. The summed E-state index contributed by atoms with van der Waals surface area (Å²) < 4.78 is 63.8. The first-order valence-corrected chi connectivity index (χ1v) is 17.5. The van der Waals surface area contributed by atoms with Gasteiger partial charge < -0.3 is 15.0 Å². The van der Waals surface area contributed by atoms with Crippen LogP contribution in [0.25, 0.3) is 0 Å². The topological polar surface area (TPSA) is 96.0 Å².